The van der Waals surface area contributed by atoms with Crippen molar-refractivity contribution >= 4 is 20.2 Å². The zero-order valence-corrected chi connectivity index (χ0v) is 12.3. The molecule has 0 atom stereocenters. The minimum Gasteiger partial charge on any atom is -0.383 e. The normalized spacial score (nSPS) is 13.9. The number of alkyl halides is 3. The number of hydrogen-bond acceptors (Lipinski definition) is 6. The van der Waals surface area contributed by atoms with E-state index in [-0.39, 0.29) is 26.3 Å². The molecule has 0 aliphatic heterocycles. The topological polar surface area (TPSA) is 102 Å². The van der Waals surface area contributed by atoms with Crippen LogP contribution in [0.1, 0.15) is 0 Å². The zero-order chi connectivity index (χ0) is 16.0. The minimum absolute atomic E-state index is 0.128. The highest BCUT2D eigenvalue weighted by Gasteiger charge is 2.49. The predicted octanol–water partition coefficient (Wildman–Crippen LogP) is -0.735. The van der Waals surface area contributed by atoms with Crippen LogP contribution in [0.2, 0.25) is 0 Å². The SMILES string of the molecule is COCCN(CCOC)S(=O)(=O)NS(=O)(=O)C(F)(F)F. The zero-order valence-electron chi connectivity index (χ0n) is 10.7. The maximum atomic E-state index is 12.1. The van der Waals surface area contributed by atoms with Crippen molar-refractivity contribution in [2.45, 2.75) is 5.51 Å². The molecule has 0 aromatic heterocycles. The molecule has 13 heteroatoms. The molecule has 8 nitrogen and oxygen atoms in total. The van der Waals surface area contributed by atoms with Gasteiger partial charge in [-0.2, -0.15) is 25.9 Å². The van der Waals surface area contributed by atoms with Gasteiger partial charge in [0.1, 0.15) is 0 Å². The van der Waals surface area contributed by atoms with Crippen LogP contribution in [0.4, 0.5) is 13.2 Å². The molecule has 0 aliphatic carbocycles. The number of sulfonamides is 1. The molecule has 20 heavy (non-hydrogen) atoms. The van der Waals surface area contributed by atoms with Crippen LogP contribution in [0.25, 0.3) is 0 Å². The van der Waals surface area contributed by atoms with Gasteiger partial charge in [0, 0.05) is 27.3 Å². The first-order chi connectivity index (χ1) is 8.98. The average Bonchev–Trinajstić information content (AvgIpc) is 2.25. The highest BCUT2D eigenvalue weighted by molar-refractivity contribution is 8.04. The molecule has 1 N–H and O–H groups in total. The number of rotatable bonds is 9. The molecule has 0 saturated heterocycles. The van der Waals surface area contributed by atoms with Crippen molar-refractivity contribution in [2.24, 2.45) is 0 Å². The van der Waals surface area contributed by atoms with E-state index in [1.165, 1.54) is 14.2 Å². The Morgan fingerprint density at radius 3 is 1.70 bits per heavy atom. The van der Waals surface area contributed by atoms with Gasteiger partial charge in [-0.3, -0.25) is 0 Å². The van der Waals surface area contributed by atoms with E-state index in [4.69, 9.17) is 0 Å². The van der Waals surface area contributed by atoms with Crippen molar-refractivity contribution in [3.63, 3.8) is 0 Å². The van der Waals surface area contributed by atoms with E-state index in [1.807, 2.05) is 0 Å². The van der Waals surface area contributed by atoms with Crippen molar-refractivity contribution in [1.82, 2.24) is 8.43 Å². The van der Waals surface area contributed by atoms with E-state index in [0.717, 1.165) is 0 Å². The second kappa shape index (κ2) is 7.51. The molecule has 0 heterocycles. The summed E-state index contributed by atoms with van der Waals surface area (Å²) >= 11 is 0. The first-order valence-corrected chi connectivity index (χ1v) is 7.98. The third-order valence-corrected chi connectivity index (χ3v) is 5.32. The minimum atomic E-state index is -6.01. The van der Waals surface area contributed by atoms with Gasteiger partial charge >= 0.3 is 15.5 Å². The van der Waals surface area contributed by atoms with Crippen LogP contribution < -0.4 is 4.13 Å². The van der Waals surface area contributed by atoms with Crippen LogP contribution in [0.5, 0.6) is 0 Å². The first kappa shape index (κ1) is 19.5. The largest absolute Gasteiger partial charge is 0.512 e. The summed E-state index contributed by atoms with van der Waals surface area (Å²) in [5.74, 6) is 0. The number of hydrogen-bond donors (Lipinski definition) is 1. The lowest BCUT2D eigenvalue weighted by atomic mass is 10.6. The lowest BCUT2D eigenvalue weighted by Gasteiger charge is -2.21. The van der Waals surface area contributed by atoms with Crippen LogP contribution >= 0.6 is 0 Å². The molecule has 0 rings (SSSR count). The van der Waals surface area contributed by atoms with Crippen LogP contribution in [0.3, 0.4) is 0 Å². The van der Waals surface area contributed by atoms with Gasteiger partial charge in [-0.25, -0.2) is 8.42 Å². The third-order valence-electron chi connectivity index (χ3n) is 1.95. The monoisotopic (exact) mass is 344 g/mol. The predicted molar refractivity (Wildman–Crippen MR) is 62.4 cm³/mol. The van der Waals surface area contributed by atoms with Crippen molar-refractivity contribution in [3.8, 4) is 0 Å². The second-order valence-corrected chi connectivity index (χ2v) is 7.03. The maximum absolute atomic E-state index is 12.1. The molecule has 0 amide bonds. The Bertz CT molecular complexity index is 481. The summed E-state index contributed by atoms with van der Waals surface area (Å²) in [6, 6.07) is 0. The summed E-state index contributed by atoms with van der Waals surface area (Å²) in [4.78, 5) is 0. The Morgan fingerprint density at radius 1 is 1.00 bits per heavy atom. The molecule has 0 aromatic carbocycles. The van der Waals surface area contributed by atoms with Crippen molar-refractivity contribution in [3.05, 3.63) is 0 Å². The van der Waals surface area contributed by atoms with E-state index in [0.29, 0.717) is 8.43 Å². The van der Waals surface area contributed by atoms with Crippen LogP contribution in [-0.2, 0) is 29.7 Å². The number of ether oxygens (including phenoxy) is 2. The molecule has 0 bridgehead atoms. The highest BCUT2D eigenvalue weighted by atomic mass is 32.3. The van der Waals surface area contributed by atoms with Gasteiger partial charge in [0.25, 0.3) is 10.2 Å². The first-order valence-electron chi connectivity index (χ1n) is 5.05. The summed E-state index contributed by atoms with van der Waals surface area (Å²) in [5, 5.41) is 0. The summed E-state index contributed by atoms with van der Waals surface area (Å²) in [5.41, 5.74) is -5.73. The van der Waals surface area contributed by atoms with E-state index in [2.05, 4.69) is 9.47 Å². The maximum Gasteiger partial charge on any atom is 0.512 e. The number of halogens is 3. The van der Waals surface area contributed by atoms with Crippen LogP contribution in [0.15, 0.2) is 0 Å². The highest BCUT2D eigenvalue weighted by Crippen LogP contribution is 2.22. The fourth-order valence-electron chi connectivity index (χ4n) is 0.977. The van der Waals surface area contributed by atoms with Crippen molar-refractivity contribution in [2.75, 3.05) is 40.5 Å². The van der Waals surface area contributed by atoms with E-state index in [1.54, 1.807) is 0 Å². The van der Waals surface area contributed by atoms with Gasteiger partial charge < -0.3 is 9.47 Å². The van der Waals surface area contributed by atoms with Gasteiger partial charge in [0.05, 0.1) is 13.2 Å². The lowest BCUT2D eigenvalue weighted by molar-refractivity contribution is -0.0441. The van der Waals surface area contributed by atoms with Crippen molar-refractivity contribution < 1.29 is 39.5 Å². The molecule has 0 radical (unpaired) electrons. The summed E-state index contributed by atoms with van der Waals surface area (Å²) in [6.07, 6.45) is 0. The van der Waals surface area contributed by atoms with E-state index >= 15 is 0 Å². The molecule has 0 saturated carbocycles. The smallest absolute Gasteiger partial charge is 0.383 e. The Labute approximate surface area is 115 Å². The van der Waals surface area contributed by atoms with E-state index in [9.17, 15) is 30.0 Å². The molecular formula is C7H15F3N2O6S2. The standard InChI is InChI=1S/C7H15F3N2O6S2/c1-17-5-3-12(4-6-18-2)20(15,16)11-19(13,14)7(8,9)10/h11H,3-6H2,1-2H3. The Balaban J connectivity index is 5.13. The summed E-state index contributed by atoms with van der Waals surface area (Å²) in [6.45, 7) is -0.918. The molecule has 122 valence electrons. The van der Waals surface area contributed by atoms with Crippen molar-refractivity contribution in [1.29, 1.82) is 0 Å². The fourth-order valence-corrected chi connectivity index (χ4v) is 3.52. The van der Waals surface area contributed by atoms with Gasteiger partial charge in [-0.05, 0) is 0 Å². The molecule has 0 unspecified atom stereocenters. The number of nitrogens with zero attached hydrogens (tertiary/aromatic N) is 1. The quantitative estimate of drug-likeness (QED) is 0.591. The summed E-state index contributed by atoms with van der Waals surface area (Å²) < 4.78 is 91.6. The van der Waals surface area contributed by atoms with E-state index < -0.39 is 25.7 Å². The van der Waals surface area contributed by atoms with Crippen LogP contribution in [-0.4, -0.2) is 67.2 Å². The molecule has 0 aliphatic rings. The third kappa shape index (κ3) is 5.88. The number of methoxy groups -OCH3 is 2. The lowest BCUT2D eigenvalue weighted by Crippen LogP contribution is -2.49. The van der Waals surface area contributed by atoms with Gasteiger partial charge in [-0.15, -0.1) is 0 Å². The van der Waals surface area contributed by atoms with Gasteiger partial charge in [-0.1, -0.05) is 4.13 Å². The van der Waals surface area contributed by atoms with Gasteiger partial charge in [0.15, 0.2) is 0 Å². The summed E-state index contributed by atoms with van der Waals surface area (Å²) in [7, 11) is -8.40. The average molecular weight is 344 g/mol. The fraction of sp³-hybridized carbons (Fsp3) is 1.00. The molecule has 0 spiro atoms. The number of nitrogens with one attached hydrogen (secondary N) is 1. The molecule has 0 fully saturated rings. The molecular weight excluding hydrogens is 329 g/mol. The Kier molecular flexibility index (Phi) is 7.34. The molecule has 0 aromatic rings. The van der Waals surface area contributed by atoms with Crippen LogP contribution in [0, 0.1) is 0 Å². The Hall–Kier alpha value is -0.470. The van der Waals surface area contributed by atoms with Gasteiger partial charge in [0.2, 0.25) is 0 Å². The Morgan fingerprint density at radius 2 is 1.40 bits per heavy atom. The second-order valence-electron chi connectivity index (χ2n) is 3.42.